The Balaban J connectivity index is 3.08. The van der Waals surface area contributed by atoms with E-state index in [0.29, 0.717) is 11.8 Å². The van der Waals surface area contributed by atoms with Gasteiger partial charge in [-0.25, -0.2) is 4.79 Å². The fourth-order valence-electron chi connectivity index (χ4n) is 1.45. The molecule has 7 heteroatoms. The summed E-state index contributed by atoms with van der Waals surface area (Å²) in [6.07, 6.45) is 0. The summed E-state index contributed by atoms with van der Waals surface area (Å²) in [7, 11) is -3.67. The number of hydrogen-bond acceptors (Lipinski definition) is 3. The minimum atomic E-state index is -1.83. The third kappa shape index (κ3) is 4.57. The standard InChI is InChI=1S/C12H24N2O3Si2/c1-12(2)9(16-18(3,4)5)13-11(15)14-10(12)17-19(6,7)8/h1-8H3. The number of amides is 2. The fourth-order valence-corrected chi connectivity index (χ4v) is 3.21. The molecule has 0 unspecified atom stereocenters. The molecule has 0 atom stereocenters. The van der Waals surface area contributed by atoms with Crippen LogP contribution in [-0.2, 0) is 8.85 Å². The molecule has 19 heavy (non-hydrogen) atoms. The van der Waals surface area contributed by atoms with Gasteiger partial charge in [0.25, 0.3) is 0 Å². The SMILES string of the molecule is CC1(C)C(O[Si](C)(C)C)=NC(=O)N=C1O[Si](C)(C)C. The second kappa shape index (κ2) is 4.86. The minimum absolute atomic E-state index is 0.430. The first kappa shape index (κ1) is 16.1. The van der Waals surface area contributed by atoms with Crippen LogP contribution in [0.3, 0.4) is 0 Å². The largest absolute Gasteiger partial charge is 0.534 e. The average molecular weight is 301 g/mol. The molecule has 0 bridgehead atoms. The molecule has 0 spiro atoms. The molecular formula is C12H24N2O3Si2. The van der Waals surface area contributed by atoms with Crippen LogP contribution in [0.1, 0.15) is 13.8 Å². The van der Waals surface area contributed by atoms with Crippen LogP contribution in [0.15, 0.2) is 9.98 Å². The van der Waals surface area contributed by atoms with E-state index in [9.17, 15) is 4.79 Å². The Morgan fingerprint density at radius 1 is 0.842 bits per heavy atom. The molecule has 0 saturated heterocycles. The zero-order valence-corrected chi connectivity index (χ0v) is 15.1. The first-order valence-electron chi connectivity index (χ1n) is 6.42. The minimum Gasteiger partial charge on any atom is -0.534 e. The van der Waals surface area contributed by atoms with Gasteiger partial charge in [-0.2, -0.15) is 9.98 Å². The van der Waals surface area contributed by atoms with E-state index in [1.54, 1.807) is 0 Å². The molecule has 0 fully saturated rings. The number of carbonyl (C=O) groups excluding carboxylic acids is 1. The van der Waals surface area contributed by atoms with Crippen molar-refractivity contribution in [1.29, 1.82) is 0 Å². The van der Waals surface area contributed by atoms with Crippen molar-refractivity contribution in [3.8, 4) is 0 Å². The zero-order valence-electron chi connectivity index (χ0n) is 13.1. The van der Waals surface area contributed by atoms with Crippen LogP contribution in [0.25, 0.3) is 0 Å². The Labute approximate surface area is 117 Å². The summed E-state index contributed by atoms with van der Waals surface area (Å²) in [5.41, 5.74) is -0.589. The van der Waals surface area contributed by atoms with Gasteiger partial charge >= 0.3 is 6.03 Å². The molecule has 0 N–H and O–H groups in total. The van der Waals surface area contributed by atoms with Crippen LogP contribution in [0.4, 0.5) is 4.79 Å². The molecular weight excluding hydrogens is 276 g/mol. The molecule has 1 heterocycles. The van der Waals surface area contributed by atoms with Crippen molar-refractivity contribution in [1.82, 2.24) is 0 Å². The van der Waals surface area contributed by atoms with Crippen molar-refractivity contribution in [3.63, 3.8) is 0 Å². The lowest BCUT2D eigenvalue weighted by Crippen LogP contribution is -2.47. The summed E-state index contributed by atoms with van der Waals surface area (Å²) in [6, 6.07) is -0.541. The lowest BCUT2D eigenvalue weighted by molar-refractivity contribution is 0.253. The third-order valence-corrected chi connectivity index (χ3v) is 3.88. The van der Waals surface area contributed by atoms with Crippen molar-refractivity contribution in [2.24, 2.45) is 15.4 Å². The number of nitrogens with zero attached hydrogens (tertiary/aromatic N) is 2. The summed E-state index contributed by atoms with van der Waals surface area (Å²) >= 11 is 0. The summed E-state index contributed by atoms with van der Waals surface area (Å²) in [4.78, 5) is 19.5. The maximum absolute atomic E-state index is 11.6. The van der Waals surface area contributed by atoms with Crippen LogP contribution in [0, 0.1) is 5.41 Å². The van der Waals surface area contributed by atoms with Gasteiger partial charge in [-0.15, -0.1) is 0 Å². The normalized spacial score (nSPS) is 19.7. The molecule has 1 aliphatic heterocycles. The number of hydrogen-bond donors (Lipinski definition) is 0. The quantitative estimate of drug-likeness (QED) is 0.731. The third-order valence-electron chi connectivity index (χ3n) is 2.27. The first-order valence-corrected chi connectivity index (χ1v) is 13.2. The van der Waals surface area contributed by atoms with Crippen molar-refractivity contribution < 1.29 is 13.6 Å². The van der Waals surface area contributed by atoms with Gasteiger partial charge in [0.2, 0.25) is 16.6 Å². The van der Waals surface area contributed by atoms with Gasteiger partial charge < -0.3 is 8.85 Å². The van der Waals surface area contributed by atoms with Gasteiger partial charge in [0.1, 0.15) is 5.41 Å². The molecule has 0 aromatic heterocycles. The predicted molar refractivity (Wildman–Crippen MR) is 82.9 cm³/mol. The van der Waals surface area contributed by atoms with Crippen molar-refractivity contribution in [2.45, 2.75) is 53.1 Å². The summed E-state index contributed by atoms with van der Waals surface area (Å²) in [5, 5.41) is 0. The molecule has 5 nitrogen and oxygen atoms in total. The fraction of sp³-hybridized carbons (Fsp3) is 0.750. The van der Waals surface area contributed by atoms with E-state index in [1.807, 2.05) is 13.8 Å². The van der Waals surface area contributed by atoms with E-state index in [4.69, 9.17) is 8.85 Å². The van der Waals surface area contributed by atoms with Crippen molar-refractivity contribution in [2.75, 3.05) is 0 Å². The first-order chi connectivity index (χ1) is 8.31. The van der Waals surface area contributed by atoms with Crippen LogP contribution in [0.5, 0.6) is 0 Å². The molecule has 0 aromatic rings. The number of urea groups is 1. The molecule has 1 aliphatic rings. The monoisotopic (exact) mass is 300 g/mol. The highest BCUT2D eigenvalue weighted by atomic mass is 28.4. The van der Waals surface area contributed by atoms with Gasteiger partial charge in [0.05, 0.1) is 0 Å². The Kier molecular flexibility index (Phi) is 4.12. The van der Waals surface area contributed by atoms with E-state index in [1.165, 1.54) is 0 Å². The maximum Gasteiger partial charge on any atom is 0.373 e. The van der Waals surface area contributed by atoms with Gasteiger partial charge in [0.15, 0.2) is 11.8 Å². The lowest BCUT2D eigenvalue weighted by Gasteiger charge is -2.35. The Morgan fingerprint density at radius 2 is 1.16 bits per heavy atom. The number of rotatable bonds is 2. The Morgan fingerprint density at radius 3 is 1.42 bits per heavy atom. The second-order valence-corrected chi connectivity index (χ2v) is 16.0. The maximum atomic E-state index is 11.6. The van der Waals surface area contributed by atoms with Crippen LogP contribution in [-0.4, -0.2) is 34.5 Å². The topological polar surface area (TPSA) is 60.2 Å². The van der Waals surface area contributed by atoms with Crippen LogP contribution < -0.4 is 0 Å². The molecule has 108 valence electrons. The van der Waals surface area contributed by atoms with E-state index in [2.05, 4.69) is 49.3 Å². The molecule has 0 aromatic carbocycles. The smallest absolute Gasteiger partial charge is 0.373 e. The summed E-state index contributed by atoms with van der Waals surface area (Å²) in [6.45, 7) is 16.2. The molecule has 0 saturated carbocycles. The van der Waals surface area contributed by atoms with E-state index in [-0.39, 0.29) is 0 Å². The van der Waals surface area contributed by atoms with Crippen molar-refractivity contribution >= 4 is 34.5 Å². The van der Waals surface area contributed by atoms with Crippen LogP contribution >= 0.6 is 0 Å². The molecule has 2 amide bonds. The van der Waals surface area contributed by atoms with Gasteiger partial charge in [-0.05, 0) is 53.1 Å². The Hall–Kier alpha value is -0.956. The molecule has 0 radical (unpaired) electrons. The van der Waals surface area contributed by atoms with E-state index >= 15 is 0 Å². The lowest BCUT2D eigenvalue weighted by atomic mass is 9.92. The van der Waals surface area contributed by atoms with Gasteiger partial charge in [0, 0.05) is 0 Å². The summed E-state index contributed by atoms with van der Waals surface area (Å²) in [5.74, 6) is 0.861. The highest BCUT2D eigenvalue weighted by molar-refractivity contribution is 6.72. The predicted octanol–water partition coefficient (Wildman–Crippen LogP) is 3.65. The Bertz CT molecular complexity index is 405. The number of aliphatic imine (C=N–C) groups is 2. The summed E-state index contributed by atoms with van der Waals surface area (Å²) < 4.78 is 11.9. The van der Waals surface area contributed by atoms with E-state index < -0.39 is 28.1 Å². The number of carbonyl (C=O) groups is 1. The highest BCUT2D eigenvalue weighted by Gasteiger charge is 2.42. The van der Waals surface area contributed by atoms with Crippen molar-refractivity contribution in [3.05, 3.63) is 0 Å². The second-order valence-electron chi connectivity index (χ2n) is 7.17. The molecule has 1 rings (SSSR count). The molecule has 0 aliphatic carbocycles. The van der Waals surface area contributed by atoms with Gasteiger partial charge in [-0.3, -0.25) is 0 Å². The zero-order chi connectivity index (χ0) is 15.1. The average Bonchev–Trinajstić information content (AvgIpc) is 2.08. The van der Waals surface area contributed by atoms with Gasteiger partial charge in [-0.1, -0.05) is 0 Å². The van der Waals surface area contributed by atoms with Crippen LogP contribution in [0.2, 0.25) is 39.3 Å². The highest BCUT2D eigenvalue weighted by Crippen LogP contribution is 2.29. The van der Waals surface area contributed by atoms with E-state index in [0.717, 1.165) is 0 Å².